The molecule has 5 nitrogen and oxygen atoms in total. The molecule has 0 aliphatic carbocycles. The third-order valence-corrected chi connectivity index (χ3v) is 3.68. The van der Waals surface area contributed by atoms with Gasteiger partial charge in [0.25, 0.3) is 0 Å². The second-order valence-electron chi connectivity index (χ2n) is 5.53. The summed E-state index contributed by atoms with van der Waals surface area (Å²) in [5.41, 5.74) is 1.04. The van der Waals surface area contributed by atoms with E-state index >= 15 is 0 Å². The van der Waals surface area contributed by atoms with Gasteiger partial charge < -0.3 is 10.1 Å². The minimum absolute atomic E-state index is 0.0981. The minimum atomic E-state index is -0.259. The highest BCUT2D eigenvalue weighted by Crippen LogP contribution is 2.17. The van der Waals surface area contributed by atoms with Gasteiger partial charge in [-0.25, -0.2) is 0 Å². The topological polar surface area (TPSA) is 65.4 Å². The van der Waals surface area contributed by atoms with Crippen LogP contribution in [0.25, 0.3) is 0 Å². The molecule has 1 saturated heterocycles. The molecule has 1 N–H and O–H groups in total. The first-order valence-corrected chi connectivity index (χ1v) is 7.20. The summed E-state index contributed by atoms with van der Waals surface area (Å²) in [4.78, 5) is 14.5. The van der Waals surface area contributed by atoms with Crippen LogP contribution in [0.1, 0.15) is 26.3 Å². The number of morpholine rings is 1. The van der Waals surface area contributed by atoms with Crippen molar-refractivity contribution in [1.82, 2.24) is 4.90 Å². The highest BCUT2D eigenvalue weighted by Gasteiger charge is 2.29. The number of ether oxygens (including phenoxy) is 1. The number of amides is 1. The SMILES string of the molecule is C[C@@H]1CN([C@H](C)C(=O)Nc2ccccc2C#N)C[C@@H](C)O1. The smallest absolute Gasteiger partial charge is 0.241 e. The molecule has 21 heavy (non-hydrogen) atoms. The number of carbonyl (C=O) groups excluding carboxylic acids is 1. The molecule has 0 spiro atoms. The van der Waals surface area contributed by atoms with Gasteiger partial charge >= 0.3 is 0 Å². The number of benzene rings is 1. The average molecular weight is 287 g/mol. The van der Waals surface area contributed by atoms with Crippen LogP contribution in [0.2, 0.25) is 0 Å². The molecular formula is C16H21N3O2. The van der Waals surface area contributed by atoms with Gasteiger partial charge in [-0.2, -0.15) is 5.26 Å². The lowest BCUT2D eigenvalue weighted by molar-refractivity contribution is -0.126. The Balaban J connectivity index is 2.04. The number of rotatable bonds is 3. The molecule has 0 saturated carbocycles. The Morgan fingerprint density at radius 2 is 2.00 bits per heavy atom. The zero-order valence-corrected chi connectivity index (χ0v) is 12.7. The lowest BCUT2D eigenvalue weighted by Gasteiger charge is -2.38. The maximum Gasteiger partial charge on any atom is 0.241 e. The maximum absolute atomic E-state index is 12.4. The van der Waals surface area contributed by atoms with E-state index in [0.717, 1.165) is 13.1 Å². The number of carbonyl (C=O) groups is 1. The van der Waals surface area contributed by atoms with Crippen molar-refractivity contribution in [3.63, 3.8) is 0 Å². The van der Waals surface area contributed by atoms with Crippen LogP contribution in [-0.4, -0.2) is 42.1 Å². The molecule has 1 fully saturated rings. The van der Waals surface area contributed by atoms with Gasteiger partial charge in [-0.05, 0) is 32.9 Å². The first-order valence-electron chi connectivity index (χ1n) is 7.20. The van der Waals surface area contributed by atoms with Crippen LogP contribution in [0.15, 0.2) is 24.3 Å². The van der Waals surface area contributed by atoms with E-state index < -0.39 is 0 Å². The number of hydrogen-bond acceptors (Lipinski definition) is 4. The minimum Gasteiger partial charge on any atom is -0.373 e. The third kappa shape index (κ3) is 3.81. The number of para-hydroxylation sites is 1. The predicted molar refractivity (Wildman–Crippen MR) is 80.8 cm³/mol. The Morgan fingerprint density at radius 3 is 2.62 bits per heavy atom. The highest BCUT2D eigenvalue weighted by molar-refractivity contribution is 5.95. The largest absolute Gasteiger partial charge is 0.373 e. The van der Waals surface area contributed by atoms with E-state index in [4.69, 9.17) is 10.00 Å². The summed E-state index contributed by atoms with van der Waals surface area (Å²) < 4.78 is 5.68. The van der Waals surface area contributed by atoms with E-state index in [0.29, 0.717) is 11.3 Å². The van der Waals surface area contributed by atoms with Crippen molar-refractivity contribution in [2.45, 2.75) is 39.0 Å². The normalized spacial score (nSPS) is 24.1. The summed E-state index contributed by atoms with van der Waals surface area (Å²) in [6.07, 6.45) is 0.241. The van der Waals surface area contributed by atoms with Crippen molar-refractivity contribution in [2.75, 3.05) is 18.4 Å². The zero-order valence-electron chi connectivity index (χ0n) is 12.7. The van der Waals surface area contributed by atoms with Gasteiger partial charge in [-0.15, -0.1) is 0 Å². The summed E-state index contributed by atoms with van der Waals surface area (Å²) in [5, 5.41) is 11.9. The van der Waals surface area contributed by atoms with Crippen molar-refractivity contribution in [1.29, 1.82) is 5.26 Å². The molecule has 1 aromatic carbocycles. The molecule has 1 amide bonds. The molecule has 0 unspecified atom stereocenters. The lowest BCUT2D eigenvalue weighted by Crippen LogP contribution is -2.52. The van der Waals surface area contributed by atoms with Crippen molar-refractivity contribution >= 4 is 11.6 Å². The summed E-state index contributed by atoms with van der Waals surface area (Å²) >= 11 is 0. The predicted octanol–water partition coefficient (Wildman–Crippen LogP) is 1.99. The Bertz CT molecular complexity index is 543. The fourth-order valence-electron chi connectivity index (χ4n) is 2.63. The van der Waals surface area contributed by atoms with Crippen LogP contribution in [0.3, 0.4) is 0 Å². The summed E-state index contributed by atoms with van der Waals surface area (Å²) in [5.74, 6) is -0.0981. The van der Waals surface area contributed by atoms with Crippen molar-refractivity contribution < 1.29 is 9.53 Å². The molecule has 5 heteroatoms. The summed E-state index contributed by atoms with van der Waals surface area (Å²) in [6.45, 7) is 7.38. The highest BCUT2D eigenvalue weighted by atomic mass is 16.5. The van der Waals surface area contributed by atoms with Crippen LogP contribution in [0, 0.1) is 11.3 Å². The quantitative estimate of drug-likeness (QED) is 0.923. The molecule has 2 rings (SSSR count). The van der Waals surface area contributed by atoms with Crippen molar-refractivity contribution in [3.8, 4) is 6.07 Å². The number of nitrogens with one attached hydrogen (secondary N) is 1. The second-order valence-corrected chi connectivity index (χ2v) is 5.53. The van der Waals surface area contributed by atoms with Crippen LogP contribution < -0.4 is 5.32 Å². The van der Waals surface area contributed by atoms with Gasteiger partial charge in [0, 0.05) is 13.1 Å². The maximum atomic E-state index is 12.4. The van der Waals surface area contributed by atoms with Gasteiger partial charge in [-0.1, -0.05) is 12.1 Å². The Labute approximate surface area is 125 Å². The third-order valence-electron chi connectivity index (χ3n) is 3.68. The Morgan fingerprint density at radius 1 is 1.38 bits per heavy atom. The number of anilines is 1. The van der Waals surface area contributed by atoms with E-state index in [9.17, 15) is 4.79 Å². The van der Waals surface area contributed by atoms with E-state index in [1.807, 2.05) is 20.8 Å². The molecule has 0 radical (unpaired) electrons. The molecule has 1 aliphatic rings. The van der Waals surface area contributed by atoms with Crippen molar-refractivity contribution in [3.05, 3.63) is 29.8 Å². The molecule has 1 heterocycles. The fraction of sp³-hybridized carbons (Fsp3) is 0.500. The Kier molecular flexibility index (Phi) is 4.94. The van der Waals surface area contributed by atoms with E-state index in [1.165, 1.54) is 0 Å². The van der Waals surface area contributed by atoms with Crippen LogP contribution >= 0.6 is 0 Å². The van der Waals surface area contributed by atoms with E-state index in [2.05, 4.69) is 16.3 Å². The van der Waals surface area contributed by atoms with Crippen LogP contribution in [0.4, 0.5) is 5.69 Å². The molecule has 1 aliphatic heterocycles. The van der Waals surface area contributed by atoms with Crippen molar-refractivity contribution in [2.24, 2.45) is 0 Å². The first kappa shape index (κ1) is 15.5. The standard InChI is InChI=1S/C16H21N3O2/c1-11-9-19(10-12(2)21-11)13(3)16(20)18-15-7-5-4-6-14(15)8-17/h4-7,11-13H,9-10H2,1-3H3,(H,18,20)/t11-,12-,13-/m1/s1. The number of nitrogens with zero attached hydrogens (tertiary/aromatic N) is 2. The van der Waals surface area contributed by atoms with E-state index in [1.54, 1.807) is 24.3 Å². The zero-order chi connectivity index (χ0) is 15.4. The van der Waals surface area contributed by atoms with E-state index in [-0.39, 0.29) is 24.2 Å². The lowest BCUT2D eigenvalue weighted by atomic mass is 10.1. The second kappa shape index (κ2) is 6.70. The number of nitriles is 1. The van der Waals surface area contributed by atoms with Gasteiger partial charge in [0.05, 0.1) is 29.5 Å². The first-order chi connectivity index (χ1) is 10.0. The van der Waals surface area contributed by atoms with Crippen LogP contribution in [0.5, 0.6) is 0 Å². The molecule has 3 atom stereocenters. The average Bonchev–Trinajstić information content (AvgIpc) is 2.46. The number of hydrogen-bond donors (Lipinski definition) is 1. The monoisotopic (exact) mass is 287 g/mol. The molecular weight excluding hydrogens is 266 g/mol. The fourth-order valence-corrected chi connectivity index (χ4v) is 2.63. The van der Waals surface area contributed by atoms with Crippen LogP contribution in [-0.2, 0) is 9.53 Å². The molecule has 112 valence electrons. The van der Waals surface area contributed by atoms with Gasteiger partial charge in [-0.3, -0.25) is 9.69 Å². The Hall–Kier alpha value is -1.90. The van der Waals surface area contributed by atoms with Gasteiger partial charge in [0.15, 0.2) is 0 Å². The van der Waals surface area contributed by atoms with Gasteiger partial charge in [0.2, 0.25) is 5.91 Å². The molecule has 0 bridgehead atoms. The summed E-state index contributed by atoms with van der Waals surface area (Å²) in [6, 6.07) is 8.85. The van der Waals surface area contributed by atoms with Gasteiger partial charge in [0.1, 0.15) is 6.07 Å². The molecule has 0 aromatic heterocycles. The molecule has 1 aromatic rings. The summed E-state index contributed by atoms with van der Waals surface area (Å²) in [7, 11) is 0.